The zero-order chi connectivity index (χ0) is 11.8. The molecule has 1 amide bonds. The summed E-state index contributed by atoms with van der Waals surface area (Å²) in [6, 6.07) is 3.18. The van der Waals surface area contributed by atoms with E-state index in [1.54, 1.807) is 12.1 Å². The predicted molar refractivity (Wildman–Crippen MR) is 63.0 cm³/mol. The van der Waals surface area contributed by atoms with Crippen LogP contribution in [-0.4, -0.2) is 16.1 Å². The molecular weight excluding hydrogens is 226 g/mol. The van der Waals surface area contributed by atoms with Gasteiger partial charge in [0.1, 0.15) is 0 Å². The molecule has 0 unspecified atom stereocenters. The molecule has 16 heavy (non-hydrogen) atoms. The van der Waals surface area contributed by atoms with Crippen molar-refractivity contribution in [2.45, 2.75) is 25.7 Å². The lowest BCUT2D eigenvalue weighted by Gasteiger charge is -2.02. The van der Waals surface area contributed by atoms with E-state index >= 15 is 0 Å². The van der Waals surface area contributed by atoms with Gasteiger partial charge in [0.05, 0.1) is 0 Å². The molecule has 0 aliphatic rings. The molecule has 0 atom stereocenters. The highest BCUT2D eigenvalue weighted by molar-refractivity contribution is 6.29. The van der Waals surface area contributed by atoms with Crippen molar-refractivity contribution >= 4 is 23.3 Å². The summed E-state index contributed by atoms with van der Waals surface area (Å²) in [5.41, 5.74) is 0. The second-order valence-electron chi connectivity index (χ2n) is 3.20. The molecule has 0 bridgehead atoms. The molecule has 5 heteroatoms. The monoisotopic (exact) mass is 237 g/mol. The van der Waals surface area contributed by atoms with Crippen molar-refractivity contribution in [1.29, 1.82) is 0 Å². The third-order valence-corrected chi connectivity index (χ3v) is 2.08. The van der Waals surface area contributed by atoms with Gasteiger partial charge in [-0.25, -0.2) is 0 Å². The minimum atomic E-state index is -0.0892. The summed E-state index contributed by atoms with van der Waals surface area (Å²) >= 11 is 5.56. The number of unbranched alkanes of at least 4 members (excludes halogenated alkanes) is 2. The smallest absolute Gasteiger partial charge is 0.225 e. The third kappa shape index (κ3) is 4.76. The lowest BCUT2D eigenvalue weighted by atomic mass is 10.2. The number of aromatic nitrogens is 2. The van der Waals surface area contributed by atoms with Gasteiger partial charge < -0.3 is 5.32 Å². The summed E-state index contributed by atoms with van der Waals surface area (Å²) in [5, 5.41) is 10.3. The Hall–Kier alpha value is -1.60. The van der Waals surface area contributed by atoms with Gasteiger partial charge in [-0.2, -0.15) is 0 Å². The van der Waals surface area contributed by atoms with Gasteiger partial charge in [0.2, 0.25) is 5.91 Å². The number of hydrogen-bond donors (Lipinski definition) is 1. The van der Waals surface area contributed by atoms with E-state index in [1.807, 2.05) is 0 Å². The maximum atomic E-state index is 11.4. The molecule has 1 rings (SSSR count). The average Bonchev–Trinajstić information content (AvgIpc) is 2.28. The van der Waals surface area contributed by atoms with E-state index in [-0.39, 0.29) is 5.91 Å². The number of amides is 1. The van der Waals surface area contributed by atoms with Crippen LogP contribution in [0.2, 0.25) is 5.15 Å². The summed E-state index contributed by atoms with van der Waals surface area (Å²) in [6.07, 6.45) is 7.87. The number of nitrogens with zero attached hydrogens (tertiary/aromatic N) is 2. The van der Waals surface area contributed by atoms with Crippen LogP contribution in [0.4, 0.5) is 5.82 Å². The van der Waals surface area contributed by atoms with Crippen LogP contribution in [0.3, 0.4) is 0 Å². The van der Waals surface area contributed by atoms with Crippen molar-refractivity contribution in [2.75, 3.05) is 5.32 Å². The third-order valence-electron chi connectivity index (χ3n) is 1.87. The van der Waals surface area contributed by atoms with Crippen molar-refractivity contribution in [1.82, 2.24) is 10.2 Å². The first-order chi connectivity index (χ1) is 7.72. The van der Waals surface area contributed by atoms with E-state index in [1.165, 1.54) is 0 Å². The van der Waals surface area contributed by atoms with Gasteiger partial charge in [-0.1, -0.05) is 11.6 Å². The highest BCUT2D eigenvalue weighted by Gasteiger charge is 2.03. The lowest BCUT2D eigenvalue weighted by Crippen LogP contribution is -2.12. The van der Waals surface area contributed by atoms with Crippen LogP contribution >= 0.6 is 11.6 Å². The molecule has 1 aromatic rings. The molecular formula is C11H12ClN3O. The number of terminal acetylenes is 1. The SMILES string of the molecule is C#CCCCCC(=O)Nc1ccc(Cl)nn1. The van der Waals surface area contributed by atoms with E-state index in [2.05, 4.69) is 21.4 Å². The fraction of sp³-hybridized carbons (Fsp3) is 0.364. The van der Waals surface area contributed by atoms with Crippen LogP contribution in [0.15, 0.2) is 12.1 Å². The van der Waals surface area contributed by atoms with Crippen LogP contribution < -0.4 is 5.32 Å². The van der Waals surface area contributed by atoms with Gasteiger partial charge in [-0.05, 0) is 25.0 Å². The summed E-state index contributed by atoms with van der Waals surface area (Å²) in [5.74, 6) is 2.85. The quantitative estimate of drug-likeness (QED) is 0.631. The van der Waals surface area contributed by atoms with Gasteiger partial charge >= 0.3 is 0 Å². The first-order valence-corrected chi connectivity index (χ1v) is 5.32. The largest absolute Gasteiger partial charge is 0.309 e. The lowest BCUT2D eigenvalue weighted by molar-refractivity contribution is -0.116. The van der Waals surface area contributed by atoms with Gasteiger partial charge in [0, 0.05) is 12.8 Å². The number of rotatable bonds is 5. The molecule has 1 aromatic heterocycles. The zero-order valence-electron chi connectivity index (χ0n) is 8.74. The van der Waals surface area contributed by atoms with E-state index in [0.29, 0.717) is 23.8 Å². The average molecular weight is 238 g/mol. The van der Waals surface area contributed by atoms with E-state index in [4.69, 9.17) is 18.0 Å². The van der Waals surface area contributed by atoms with Crippen LogP contribution in [0.25, 0.3) is 0 Å². The second-order valence-corrected chi connectivity index (χ2v) is 3.59. The van der Waals surface area contributed by atoms with Gasteiger partial charge in [-0.3, -0.25) is 4.79 Å². The molecule has 0 spiro atoms. The Morgan fingerprint density at radius 2 is 2.25 bits per heavy atom. The minimum absolute atomic E-state index is 0.0892. The number of carbonyl (C=O) groups excluding carboxylic acids is 1. The molecule has 1 N–H and O–H groups in total. The highest BCUT2D eigenvalue weighted by atomic mass is 35.5. The number of nitrogens with one attached hydrogen (secondary N) is 1. The number of halogens is 1. The van der Waals surface area contributed by atoms with Crippen molar-refractivity contribution in [3.63, 3.8) is 0 Å². The molecule has 1 heterocycles. The van der Waals surface area contributed by atoms with Crippen molar-refractivity contribution in [3.8, 4) is 12.3 Å². The van der Waals surface area contributed by atoms with Crippen molar-refractivity contribution < 1.29 is 4.79 Å². The van der Waals surface area contributed by atoms with Gasteiger partial charge in [0.15, 0.2) is 11.0 Å². The Kier molecular flexibility index (Phi) is 5.30. The normalized spacial score (nSPS) is 9.50. The first kappa shape index (κ1) is 12.5. The Morgan fingerprint density at radius 3 is 2.88 bits per heavy atom. The Labute approximate surface area is 99.4 Å². The van der Waals surface area contributed by atoms with Crippen LogP contribution in [-0.2, 0) is 4.79 Å². The standard InChI is InChI=1S/C11H12ClN3O/c1-2-3-4-5-6-11(16)13-10-8-7-9(12)14-15-10/h1,7-8H,3-6H2,(H,13,15,16). The molecule has 0 fully saturated rings. The van der Waals surface area contributed by atoms with E-state index in [0.717, 1.165) is 12.8 Å². The first-order valence-electron chi connectivity index (χ1n) is 4.95. The Morgan fingerprint density at radius 1 is 1.44 bits per heavy atom. The van der Waals surface area contributed by atoms with Gasteiger partial charge in [0.25, 0.3) is 0 Å². The zero-order valence-corrected chi connectivity index (χ0v) is 9.50. The number of hydrogen-bond acceptors (Lipinski definition) is 3. The summed E-state index contributed by atoms with van der Waals surface area (Å²) in [7, 11) is 0. The molecule has 0 saturated heterocycles. The van der Waals surface area contributed by atoms with Crippen molar-refractivity contribution in [3.05, 3.63) is 17.3 Å². The fourth-order valence-electron chi connectivity index (χ4n) is 1.10. The second kappa shape index (κ2) is 6.81. The predicted octanol–water partition coefficient (Wildman–Crippen LogP) is 2.26. The molecule has 0 radical (unpaired) electrons. The summed E-state index contributed by atoms with van der Waals surface area (Å²) in [4.78, 5) is 11.4. The minimum Gasteiger partial charge on any atom is -0.309 e. The highest BCUT2D eigenvalue weighted by Crippen LogP contribution is 2.07. The number of anilines is 1. The van der Waals surface area contributed by atoms with E-state index in [9.17, 15) is 4.79 Å². The van der Waals surface area contributed by atoms with Gasteiger partial charge in [-0.15, -0.1) is 22.5 Å². The molecule has 84 valence electrons. The molecule has 4 nitrogen and oxygen atoms in total. The Bertz CT molecular complexity index is 383. The molecule has 0 aliphatic heterocycles. The van der Waals surface area contributed by atoms with Crippen molar-refractivity contribution in [2.24, 2.45) is 0 Å². The molecule has 0 aromatic carbocycles. The fourth-order valence-corrected chi connectivity index (χ4v) is 1.20. The summed E-state index contributed by atoms with van der Waals surface area (Å²) < 4.78 is 0. The van der Waals surface area contributed by atoms with Crippen LogP contribution in [0, 0.1) is 12.3 Å². The van der Waals surface area contributed by atoms with E-state index < -0.39 is 0 Å². The maximum Gasteiger partial charge on any atom is 0.225 e. The van der Waals surface area contributed by atoms with Crippen LogP contribution in [0.1, 0.15) is 25.7 Å². The Balaban J connectivity index is 2.29. The number of carbonyl (C=O) groups is 1. The van der Waals surface area contributed by atoms with Crippen LogP contribution in [0.5, 0.6) is 0 Å². The molecule has 0 aliphatic carbocycles. The topological polar surface area (TPSA) is 54.9 Å². The maximum absolute atomic E-state index is 11.4. The molecule has 0 saturated carbocycles. The summed E-state index contributed by atoms with van der Waals surface area (Å²) in [6.45, 7) is 0.